The third kappa shape index (κ3) is 2.12. The van der Waals surface area contributed by atoms with Crippen molar-refractivity contribution in [3.63, 3.8) is 0 Å². The smallest absolute Gasteiger partial charge is 0.0780 e. The van der Waals surface area contributed by atoms with Gasteiger partial charge in [0.15, 0.2) is 0 Å². The van der Waals surface area contributed by atoms with E-state index in [1.807, 2.05) is 6.20 Å². The van der Waals surface area contributed by atoms with Crippen molar-refractivity contribution in [2.24, 2.45) is 0 Å². The third-order valence-corrected chi connectivity index (χ3v) is 3.53. The van der Waals surface area contributed by atoms with E-state index in [1.54, 1.807) is 0 Å². The van der Waals surface area contributed by atoms with Gasteiger partial charge in [-0.05, 0) is 43.9 Å². The molecule has 0 radical (unpaired) electrons. The van der Waals surface area contributed by atoms with Gasteiger partial charge in [-0.1, -0.05) is 41.5 Å². The average Bonchev–Trinajstić information content (AvgIpc) is 2.39. The molecule has 1 heteroatoms. The van der Waals surface area contributed by atoms with Crippen LogP contribution in [-0.4, -0.2) is 4.98 Å². The summed E-state index contributed by atoms with van der Waals surface area (Å²) >= 11 is 0. The summed E-state index contributed by atoms with van der Waals surface area (Å²) in [5, 5.41) is 2.53. The second-order valence-corrected chi connectivity index (χ2v) is 5.21. The van der Waals surface area contributed by atoms with Gasteiger partial charge in [0.05, 0.1) is 5.69 Å². The van der Waals surface area contributed by atoms with Crippen LogP contribution in [0.5, 0.6) is 0 Å². The third-order valence-electron chi connectivity index (χ3n) is 3.53. The maximum atomic E-state index is 4.66. The predicted octanol–water partition coefficient (Wildman–Crippen LogP) is 4.83. The van der Waals surface area contributed by atoms with Crippen LogP contribution in [0.25, 0.3) is 22.0 Å². The van der Waals surface area contributed by atoms with Gasteiger partial charge in [-0.3, -0.25) is 4.98 Å². The summed E-state index contributed by atoms with van der Waals surface area (Å²) in [7, 11) is 0. The molecule has 0 saturated carbocycles. The molecule has 1 aromatic heterocycles. The number of aryl methyl sites for hydroxylation is 3. The lowest BCUT2D eigenvalue weighted by Gasteiger charge is -2.09. The topological polar surface area (TPSA) is 12.9 Å². The Bertz CT molecular complexity index is 757. The Hall–Kier alpha value is -2.15. The van der Waals surface area contributed by atoms with Crippen LogP contribution in [-0.2, 0) is 0 Å². The molecule has 0 saturated heterocycles. The zero-order valence-electron chi connectivity index (χ0n) is 11.6. The standard InChI is InChI=1S/C18H17N/c1-12-5-4-6-15(9-12)18-17-10-13(2)7-8-16(17)14(3)11-19-18/h4-11H,1-3H3. The van der Waals surface area contributed by atoms with Crippen molar-refractivity contribution in [2.75, 3.05) is 0 Å². The fourth-order valence-electron chi connectivity index (χ4n) is 2.52. The summed E-state index contributed by atoms with van der Waals surface area (Å²) in [5.41, 5.74) is 6.03. The molecule has 0 atom stereocenters. The number of pyridine rings is 1. The number of hydrogen-bond acceptors (Lipinski definition) is 1. The largest absolute Gasteiger partial charge is 0.255 e. The minimum absolute atomic E-state index is 1.08. The average molecular weight is 247 g/mol. The molecule has 0 N–H and O–H groups in total. The van der Waals surface area contributed by atoms with E-state index in [0.29, 0.717) is 0 Å². The number of hydrogen-bond donors (Lipinski definition) is 0. The zero-order chi connectivity index (χ0) is 13.4. The Labute approximate surface area is 113 Å². The van der Waals surface area contributed by atoms with Crippen LogP contribution < -0.4 is 0 Å². The predicted molar refractivity (Wildman–Crippen MR) is 81.4 cm³/mol. The minimum Gasteiger partial charge on any atom is -0.255 e. The zero-order valence-corrected chi connectivity index (χ0v) is 11.6. The van der Waals surface area contributed by atoms with E-state index < -0.39 is 0 Å². The van der Waals surface area contributed by atoms with E-state index >= 15 is 0 Å². The first-order chi connectivity index (χ1) is 9.15. The summed E-state index contributed by atoms with van der Waals surface area (Å²) in [6.07, 6.45) is 1.97. The monoisotopic (exact) mass is 247 g/mol. The van der Waals surface area contributed by atoms with Gasteiger partial charge in [0.2, 0.25) is 0 Å². The highest BCUT2D eigenvalue weighted by Crippen LogP contribution is 2.29. The van der Waals surface area contributed by atoms with Gasteiger partial charge in [0.1, 0.15) is 0 Å². The lowest BCUT2D eigenvalue weighted by Crippen LogP contribution is -1.90. The SMILES string of the molecule is Cc1cccc(-c2ncc(C)c3ccc(C)cc23)c1. The van der Waals surface area contributed by atoms with Gasteiger partial charge < -0.3 is 0 Å². The molecule has 3 aromatic rings. The van der Waals surface area contributed by atoms with Gasteiger partial charge in [0, 0.05) is 17.1 Å². The van der Waals surface area contributed by atoms with Crippen molar-refractivity contribution in [1.82, 2.24) is 4.98 Å². The Morgan fingerprint density at radius 3 is 2.37 bits per heavy atom. The maximum Gasteiger partial charge on any atom is 0.0780 e. The molecule has 0 aliphatic carbocycles. The molecule has 0 spiro atoms. The minimum atomic E-state index is 1.08. The van der Waals surface area contributed by atoms with Crippen molar-refractivity contribution in [2.45, 2.75) is 20.8 Å². The summed E-state index contributed by atoms with van der Waals surface area (Å²) in [4.78, 5) is 4.66. The fourth-order valence-corrected chi connectivity index (χ4v) is 2.52. The van der Waals surface area contributed by atoms with Crippen LogP contribution in [0.15, 0.2) is 48.7 Å². The number of nitrogens with zero attached hydrogens (tertiary/aromatic N) is 1. The van der Waals surface area contributed by atoms with Crippen LogP contribution in [0, 0.1) is 20.8 Å². The van der Waals surface area contributed by atoms with E-state index in [1.165, 1.54) is 33.0 Å². The van der Waals surface area contributed by atoms with Gasteiger partial charge in [-0.15, -0.1) is 0 Å². The lowest BCUT2D eigenvalue weighted by atomic mass is 9.99. The number of rotatable bonds is 1. The summed E-state index contributed by atoms with van der Waals surface area (Å²) < 4.78 is 0. The second-order valence-electron chi connectivity index (χ2n) is 5.21. The molecule has 0 fully saturated rings. The summed E-state index contributed by atoms with van der Waals surface area (Å²) in [6, 6.07) is 15.1. The second kappa shape index (κ2) is 4.51. The first-order valence-corrected chi connectivity index (χ1v) is 6.58. The first-order valence-electron chi connectivity index (χ1n) is 6.58. The van der Waals surface area contributed by atoms with Crippen molar-refractivity contribution in [3.05, 3.63) is 65.4 Å². The van der Waals surface area contributed by atoms with Crippen LogP contribution in [0.3, 0.4) is 0 Å². The molecular weight excluding hydrogens is 230 g/mol. The Balaban J connectivity index is 2.35. The van der Waals surface area contributed by atoms with Crippen LogP contribution >= 0.6 is 0 Å². The van der Waals surface area contributed by atoms with Crippen molar-refractivity contribution in [1.29, 1.82) is 0 Å². The first kappa shape index (κ1) is 11.9. The fraction of sp³-hybridized carbons (Fsp3) is 0.167. The van der Waals surface area contributed by atoms with Crippen LogP contribution in [0.4, 0.5) is 0 Å². The molecule has 0 aliphatic heterocycles. The molecule has 2 aromatic carbocycles. The normalized spacial score (nSPS) is 10.9. The van der Waals surface area contributed by atoms with E-state index in [0.717, 1.165) is 5.69 Å². The van der Waals surface area contributed by atoms with E-state index in [2.05, 4.69) is 68.2 Å². The quantitative estimate of drug-likeness (QED) is 0.600. The highest BCUT2D eigenvalue weighted by atomic mass is 14.7. The lowest BCUT2D eigenvalue weighted by molar-refractivity contribution is 1.30. The molecule has 19 heavy (non-hydrogen) atoms. The highest BCUT2D eigenvalue weighted by Gasteiger charge is 2.07. The molecule has 94 valence electrons. The van der Waals surface area contributed by atoms with Crippen LogP contribution in [0.1, 0.15) is 16.7 Å². The van der Waals surface area contributed by atoms with Crippen LogP contribution in [0.2, 0.25) is 0 Å². The van der Waals surface area contributed by atoms with Gasteiger partial charge in [-0.25, -0.2) is 0 Å². The molecule has 1 nitrogen and oxygen atoms in total. The number of aromatic nitrogens is 1. The van der Waals surface area contributed by atoms with E-state index in [9.17, 15) is 0 Å². The Kier molecular flexibility index (Phi) is 2.83. The van der Waals surface area contributed by atoms with Gasteiger partial charge in [0.25, 0.3) is 0 Å². The van der Waals surface area contributed by atoms with Gasteiger partial charge in [-0.2, -0.15) is 0 Å². The summed E-state index contributed by atoms with van der Waals surface area (Å²) in [6.45, 7) is 6.36. The molecule has 0 amide bonds. The molecule has 0 aliphatic rings. The summed E-state index contributed by atoms with van der Waals surface area (Å²) in [5.74, 6) is 0. The van der Waals surface area contributed by atoms with Crippen molar-refractivity contribution in [3.8, 4) is 11.3 Å². The number of benzene rings is 2. The van der Waals surface area contributed by atoms with Crippen molar-refractivity contribution >= 4 is 10.8 Å². The number of fused-ring (bicyclic) bond motifs is 1. The highest BCUT2D eigenvalue weighted by molar-refractivity contribution is 5.96. The molecule has 3 rings (SSSR count). The Morgan fingerprint density at radius 2 is 1.58 bits per heavy atom. The Morgan fingerprint density at radius 1 is 0.789 bits per heavy atom. The van der Waals surface area contributed by atoms with Gasteiger partial charge >= 0.3 is 0 Å². The van der Waals surface area contributed by atoms with E-state index in [4.69, 9.17) is 0 Å². The molecule has 0 unspecified atom stereocenters. The molecular formula is C18H17N. The molecule has 1 heterocycles. The van der Waals surface area contributed by atoms with E-state index in [-0.39, 0.29) is 0 Å². The molecule has 0 bridgehead atoms. The van der Waals surface area contributed by atoms with Crippen molar-refractivity contribution < 1.29 is 0 Å². The maximum absolute atomic E-state index is 4.66.